The van der Waals surface area contributed by atoms with Gasteiger partial charge in [-0.1, -0.05) is 206 Å². The minimum atomic E-state index is -2.90. The molecule has 0 saturated heterocycles. The van der Waals surface area contributed by atoms with Gasteiger partial charge in [0, 0.05) is 34.1 Å². The molecule has 4 heteroatoms. The van der Waals surface area contributed by atoms with Crippen LogP contribution in [0.5, 0.6) is 0 Å². The van der Waals surface area contributed by atoms with Crippen molar-refractivity contribution in [3.63, 3.8) is 0 Å². The van der Waals surface area contributed by atoms with Crippen LogP contribution in [-0.4, -0.2) is 16.1 Å². The second kappa shape index (κ2) is 14.9. The molecule has 0 radical (unpaired) electrons. The van der Waals surface area contributed by atoms with E-state index in [0.717, 1.165) is 6.42 Å². The molecule has 0 bridgehead atoms. The van der Waals surface area contributed by atoms with E-state index in [1.165, 1.54) is 97.9 Å². The maximum atomic E-state index is 2.62. The van der Waals surface area contributed by atoms with Crippen molar-refractivity contribution in [2.45, 2.75) is 6.42 Å². The minimum Gasteiger partial charge on any atom is -0.311 e. The van der Waals surface area contributed by atoms with Crippen LogP contribution in [-0.2, 0) is 6.42 Å². The molecule has 0 atom stereocenters. The summed E-state index contributed by atoms with van der Waals surface area (Å²) < 4.78 is 0. The molecule has 0 N–H and O–H groups in total. The van der Waals surface area contributed by atoms with E-state index in [1.807, 2.05) is 0 Å². The molecule has 0 saturated carbocycles. The first-order valence-corrected chi connectivity index (χ1v) is 26.7. The Hall–Kier alpha value is -7.77. The van der Waals surface area contributed by atoms with E-state index in [1.54, 1.807) is 0 Å². The molecule has 10 aromatic carbocycles. The lowest BCUT2D eigenvalue weighted by Gasteiger charge is -2.45. The van der Waals surface area contributed by atoms with Gasteiger partial charge < -0.3 is 9.80 Å². The molecule has 0 unspecified atom stereocenters. The van der Waals surface area contributed by atoms with Crippen LogP contribution < -0.4 is 51.3 Å². The predicted octanol–water partition coefficient (Wildman–Crippen LogP) is 9.58. The number of fused-ring (bicyclic) bond motifs is 7. The van der Waals surface area contributed by atoms with E-state index in [-0.39, 0.29) is 0 Å². The van der Waals surface area contributed by atoms with Crippen LogP contribution in [0.1, 0.15) is 11.1 Å². The maximum absolute atomic E-state index is 2.90. The molecule has 2 heterocycles. The van der Waals surface area contributed by atoms with Gasteiger partial charge in [0.05, 0.1) is 0 Å². The molecule has 0 spiro atoms. The molecule has 2 aliphatic heterocycles. The predicted molar refractivity (Wildman–Crippen MR) is 278 cm³/mol. The molecule has 0 fully saturated rings. The second-order valence-corrected chi connectivity index (χ2v) is 25.0. The summed E-state index contributed by atoms with van der Waals surface area (Å²) in [6.45, 7) is 0. The summed E-state index contributed by atoms with van der Waals surface area (Å²) in [4.78, 5) is 4.97. The molecule has 13 rings (SSSR count). The highest BCUT2D eigenvalue weighted by Crippen LogP contribution is 2.42. The van der Waals surface area contributed by atoms with Crippen molar-refractivity contribution in [2.24, 2.45) is 0 Å². The summed E-state index contributed by atoms with van der Waals surface area (Å²) in [5.74, 6) is 0. The van der Waals surface area contributed by atoms with Crippen molar-refractivity contribution in [1.29, 1.82) is 0 Å². The third-order valence-corrected chi connectivity index (χ3v) is 24.1. The Labute approximate surface area is 383 Å². The van der Waals surface area contributed by atoms with Crippen LogP contribution in [0.2, 0.25) is 0 Å². The first-order chi connectivity index (χ1) is 32.3. The highest BCUT2D eigenvalue weighted by Gasteiger charge is 2.51. The lowest BCUT2D eigenvalue weighted by Crippen LogP contribution is -2.77. The van der Waals surface area contributed by atoms with E-state index in [9.17, 15) is 0 Å². The largest absolute Gasteiger partial charge is 0.311 e. The van der Waals surface area contributed by atoms with Crippen molar-refractivity contribution in [1.82, 2.24) is 0 Å². The lowest BCUT2D eigenvalue weighted by atomic mass is 10.1. The molecule has 1 aliphatic carbocycles. The summed E-state index contributed by atoms with van der Waals surface area (Å²) in [6, 6.07) is 96.6. The molecule has 3 aliphatic rings. The Balaban J connectivity index is 1.06. The van der Waals surface area contributed by atoms with E-state index in [2.05, 4.69) is 265 Å². The highest BCUT2D eigenvalue weighted by atomic mass is 28.3. The third kappa shape index (κ3) is 5.45. The molecule has 0 aromatic heterocycles. The van der Waals surface area contributed by atoms with Crippen molar-refractivity contribution in [3.8, 4) is 11.1 Å². The average Bonchev–Trinajstić information content (AvgIpc) is 3.75. The van der Waals surface area contributed by atoms with Gasteiger partial charge in [-0.3, -0.25) is 0 Å². The third-order valence-electron chi connectivity index (χ3n) is 14.4. The topological polar surface area (TPSA) is 6.48 Å². The molecule has 10 aromatic rings. The van der Waals surface area contributed by atoms with Gasteiger partial charge in [0.15, 0.2) is 16.1 Å². The summed E-state index contributed by atoms with van der Waals surface area (Å²) >= 11 is 0. The first kappa shape index (κ1) is 37.8. The number of benzene rings is 10. The number of nitrogens with zero attached hydrogens (tertiary/aromatic N) is 2. The monoisotopic (exact) mass is 860 g/mol. The van der Waals surface area contributed by atoms with Crippen molar-refractivity contribution >= 4 is 91.8 Å². The maximum Gasteiger partial charge on any atom is 0.184 e. The first-order valence-electron chi connectivity index (χ1n) is 22.7. The summed E-state index contributed by atoms with van der Waals surface area (Å²) in [6.07, 6.45) is 0.926. The van der Waals surface area contributed by atoms with E-state index in [0.29, 0.717) is 0 Å². The van der Waals surface area contributed by atoms with Gasteiger partial charge in [-0.2, -0.15) is 0 Å². The zero-order valence-electron chi connectivity index (χ0n) is 35.9. The zero-order valence-corrected chi connectivity index (χ0v) is 37.9. The number of hydrogen-bond acceptors (Lipinski definition) is 2. The SMILES string of the molecule is c1ccc(N2c3ccccc3[Si](c3ccccc3)(c3ccc4c(c3)-c3cc([Si]5(c6ccccc6)c6ccccc6N(c6ccccc6)c6ccccc65)ccc3C4)c3ccccc32)cc1. The second-order valence-electron chi connectivity index (χ2n) is 17.6. The van der Waals surface area contributed by atoms with Crippen molar-refractivity contribution < 1.29 is 0 Å². The Bertz CT molecular complexity index is 3100. The van der Waals surface area contributed by atoms with Crippen LogP contribution >= 0.6 is 0 Å². The smallest absolute Gasteiger partial charge is 0.184 e. The van der Waals surface area contributed by atoms with E-state index >= 15 is 0 Å². The van der Waals surface area contributed by atoms with Crippen LogP contribution in [0.15, 0.2) is 255 Å². The Morgan fingerprint density at radius 3 is 0.892 bits per heavy atom. The molecule has 65 heavy (non-hydrogen) atoms. The van der Waals surface area contributed by atoms with E-state index in [4.69, 9.17) is 0 Å². The minimum absolute atomic E-state index is 0.926. The highest BCUT2D eigenvalue weighted by molar-refractivity contribution is 7.22. The fourth-order valence-electron chi connectivity index (χ4n) is 11.8. The van der Waals surface area contributed by atoms with Gasteiger partial charge >= 0.3 is 0 Å². The van der Waals surface area contributed by atoms with Crippen LogP contribution in [0.25, 0.3) is 11.1 Å². The normalized spacial score (nSPS) is 14.6. The Morgan fingerprint density at radius 2 is 0.554 bits per heavy atom. The van der Waals surface area contributed by atoms with Gasteiger partial charge in [-0.15, -0.1) is 0 Å². The van der Waals surface area contributed by atoms with Gasteiger partial charge in [-0.25, -0.2) is 0 Å². The van der Waals surface area contributed by atoms with Crippen molar-refractivity contribution in [2.75, 3.05) is 9.80 Å². The molecule has 306 valence electrons. The number of para-hydroxylation sites is 6. The van der Waals surface area contributed by atoms with Gasteiger partial charge in [0.25, 0.3) is 0 Å². The van der Waals surface area contributed by atoms with Gasteiger partial charge in [0.2, 0.25) is 0 Å². The zero-order chi connectivity index (χ0) is 43.0. The molecular weight excluding hydrogens is 817 g/mol. The van der Waals surface area contributed by atoms with Gasteiger partial charge in [0.1, 0.15) is 0 Å². The summed E-state index contributed by atoms with van der Waals surface area (Å²) in [7, 11) is -5.80. The summed E-state index contributed by atoms with van der Waals surface area (Å²) in [5.41, 5.74) is 12.9. The summed E-state index contributed by atoms with van der Waals surface area (Å²) in [5, 5.41) is 11.3. The molecular formula is C61H44N2Si2. The van der Waals surface area contributed by atoms with E-state index < -0.39 is 16.1 Å². The average molecular weight is 861 g/mol. The standard InChI is InChI=1S/C61H44N2Si2/c1-5-21-46(22-6-1)62-54-29-13-17-33-58(54)64(48-25-9-3-10-26-48,59-34-18-14-30-55(59)62)50-39-37-44-41-45-38-40-51(43-53(45)52(44)42-50)65(49-27-11-4-12-28-49)60-35-19-15-31-56(60)63(47-23-7-2-8-24-47)57-32-16-20-36-61(57)65/h1-40,42-43H,41H2. The number of rotatable bonds is 6. The van der Waals surface area contributed by atoms with Crippen LogP contribution in [0.3, 0.4) is 0 Å². The Kier molecular flexibility index (Phi) is 8.67. The fraction of sp³-hybridized carbons (Fsp3) is 0.0164. The Morgan fingerprint density at radius 1 is 0.262 bits per heavy atom. The molecule has 0 amide bonds. The van der Waals surface area contributed by atoms with Gasteiger partial charge in [-0.05, 0) is 119 Å². The molecule has 2 nitrogen and oxygen atoms in total. The quantitative estimate of drug-likeness (QED) is 0.154. The fourth-order valence-corrected chi connectivity index (χ4v) is 22.0. The number of hydrogen-bond donors (Lipinski definition) is 0. The van der Waals surface area contributed by atoms with Crippen LogP contribution in [0.4, 0.5) is 34.1 Å². The van der Waals surface area contributed by atoms with Crippen molar-refractivity contribution in [3.05, 3.63) is 266 Å². The van der Waals surface area contributed by atoms with Crippen LogP contribution in [0, 0.1) is 0 Å². The lowest BCUT2D eigenvalue weighted by molar-refractivity contribution is 1.26. The number of anilines is 6.